The summed E-state index contributed by atoms with van der Waals surface area (Å²) in [5.41, 5.74) is 6.45. The maximum absolute atomic E-state index is 12.1. The van der Waals surface area contributed by atoms with Gasteiger partial charge in [0.2, 0.25) is 15.9 Å². The molecule has 1 aromatic carbocycles. The average molecular weight is 380 g/mol. The van der Waals surface area contributed by atoms with Crippen molar-refractivity contribution >= 4 is 28.3 Å². The molecular weight excluding hydrogens is 354 g/mol. The molecule has 1 aromatic rings. The molecule has 0 saturated heterocycles. The number of carbonyl (C=O) groups is 1. The number of hydrogen-bond donors (Lipinski definition) is 3. The van der Waals surface area contributed by atoms with Crippen LogP contribution in [0.1, 0.15) is 19.4 Å². The van der Waals surface area contributed by atoms with Crippen LogP contribution in [0.25, 0.3) is 0 Å². The third-order valence-corrected chi connectivity index (χ3v) is 4.75. The highest BCUT2D eigenvalue weighted by Gasteiger charge is 2.17. The lowest BCUT2D eigenvalue weighted by atomic mass is 10.0. The van der Waals surface area contributed by atoms with E-state index in [1.165, 1.54) is 19.2 Å². The molecule has 7 nitrogen and oxygen atoms in total. The molecule has 0 unspecified atom stereocenters. The summed E-state index contributed by atoms with van der Waals surface area (Å²) < 4.78 is 31.5. The number of nitrogens with two attached hydrogens (primary N) is 1. The maximum atomic E-state index is 12.1. The van der Waals surface area contributed by atoms with E-state index in [1.54, 1.807) is 12.1 Å². The van der Waals surface area contributed by atoms with Gasteiger partial charge in [-0.15, -0.1) is 12.4 Å². The monoisotopic (exact) mass is 379 g/mol. The summed E-state index contributed by atoms with van der Waals surface area (Å²) in [6.07, 6.45) is 0. The Balaban J connectivity index is 0.00000529. The molecule has 0 fully saturated rings. The van der Waals surface area contributed by atoms with Crippen LogP contribution in [-0.2, 0) is 26.1 Å². The van der Waals surface area contributed by atoms with Crippen molar-refractivity contribution in [1.29, 1.82) is 0 Å². The zero-order valence-electron chi connectivity index (χ0n) is 14.1. The second kappa shape index (κ2) is 10.6. The first-order chi connectivity index (χ1) is 10.8. The summed E-state index contributed by atoms with van der Waals surface area (Å²) in [5.74, 6) is -0.224. The van der Waals surface area contributed by atoms with Gasteiger partial charge in [0.15, 0.2) is 0 Å². The van der Waals surface area contributed by atoms with Crippen LogP contribution in [0, 0.1) is 5.92 Å². The topological polar surface area (TPSA) is 111 Å². The van der Waals surface area contributed by atoms with E-state index in [2.05, 4.69) is 10.0 Å². The molecule has 1 atom stereocenters. The van der Waals surface area contributed by atoms with Gasteiger partial charge in [0.05, 0.1) is 17.5 Å². The van der Waals surface area contributed by atoms with Crippen LogP contribution in [-0.4, -0.2) is 40.6 Å². The third kappa shape index (κ3) is 7.14. The first-order valence-corrected chi connectivity index (χ1v) is 8.87. The molecule has 0 bridgehead atoms. The number of ether oxygens (including phenoxy) is 1. The van der Waals surface area contributed by atoms with Crippen LogP contribution < -0.4 is 15.8 Å². The lowest BCUT2D eigenvalue weighted by Gasteiger charge is -2.15. The quantitative estimate of drug-likeness (QED) is 0.545. The fraction of sp³-hybridized carbons (Fsp3) is 0.533. The predicted molar refractivity (Wildman–Crippen MR) is 95.4 cm³/mol. The molecule has 0 aliphatic carbocycles. The van der Waals surface area contributed by atoms with E-state index in [9.17, 15) is 13.2 Å². The van der Waals surface area contributed by atoms with Crippen molar-refractivity contribution in [2.75, 3.05) is 20.3 Å². The van der Waals surface area contributed by atoms with Crippen molar-refractivity contribution < 1.29 is 17.9 Å². The van der Waals surface area contributed by atoms with E-state index in [0.29, 0.717) is 12.2 Å². The number of halogens is 1. The number of nitrogens with one attached hydrogen (secondary N) is 2. The van der Waals surface area contributed by atoms with Crippen molar-refractivity contribution in [3.05, 3.63) is 29.8 Å². The molecule has 138 valence electrons. The van der Waals surface area contributed by atoms with Gasteiger partial charge in [0, 0.05) is 20.2 Å². The summed E-state index contributed by atoms with van der Waals surface area (Å²) in [7, 11) is -2.09. The normalized spacial score (nSPS) is 12.5. The minimum absolute atomic E-state index is 0. The lowest BCUT2D eigenvalue weighted by molar-refractivity contribution is -0.123. The largest absolute Gasteiger partial charge is 0.383 e. The zero-order chi connectivity index (χ0) is 17.5. The minimum atomic E-state index is -3.59. The summed E-state index contributed by atoms with van der Waals surface area (Å²) in [5, 5.41) is 2.71. The van der Waals surface area contributed by atoms with Gasteiger partial charge in [-0.05, 0) is 23.6 Å². The predicted octanol–water partition coefficient (Wildman–Crippen LogP) is 0.633. The summed E-state index contributed by atoms with van der Waals surface area (Å²) in [6, 6.07) is 5.82. The molecule has 0 saturated carbocycles. The van der Waals surface area contributed by atoms with Gasteiger partial charge in [-0.1, -0.05) is 26.0 Å². The molecular formula is C15H26ClN3O4S. The fourth-order valence-electron chi connectivity index (χ4n) is 1.79. The van der Waals surface area contributed by atoms with Gasteiger partial charge < -0.3 is 15.8 Å². The first-order valence-electron chi connectivity index (χ1n) is 7.38. The van der Waals surface area contributed by atoms with Gasteiger partial charge >= 0.3 is 0 Å². The van der Waals surface area contributed by atoms with Gasteiger partial charge in [0.25, 0.3) is 0 Å². The van der Waals surface area contributed by atoms with E-state index in [0.717, 1.165) is 0 Å². The smallest absolute Gasteiger partial charge is 0.240 e. The van der Waals surface area contributed by atoms with Crippen molar-refractivity contribution in [3.8, 4) is 0 Å². The number of carbonyl (C=O) groups excluding carboxylic acids is 1. The Morgan fingerprint density at radius 2 is 2.00 bits per heavy atom. The second-order valence-corrected chi connectivity index (χ2v) is 7.29. The highest BCUT2D eigenvalue weighted by atomic mass is 35.5. The van der Waals surface area contributed by atoms with Crippen LogP contribution in [0.5, 0.6) is 0 Å². The number of rotatable bonds is 9. The zero-order valence-corrected chi connectivity index (χ0v) is 15.7. The van der Waals surface area contributed by atoms with E-state index < -0.39 is 16.1 Å². The van der Waals surface area contributed by atoms with Crippen LogP contribution in [0.15, 0.2) is 29.2 Å². The standard InChI is InChI=1S/C15H25N3O4S.ClH/c1-11(2)14(16)15(19)17-10-12-5-4-6-13(9-12)23(20,21)18-7-8-22-3;/h4-6,9,11,14,18H,7-8,10,16H2,1-3H3,(H,17,19);1H/t14-;/m0./s1. The van der Waals surface area contributed by atoms with Gasteiger partial charge in [-0.2, -0.15) is 0 Å². The van der Waals surface area contributed by atoms with Crippen LogP contribution in [0.2, 0.25) is 0 Å². The number of methoxy groups -OCH3 is 1. The molecule has 4 N–H and O–H groups in total. The Hall–Kier alpha value is -1.19. The molecule has 0 aliphatic rings. The van der Waals surface area contributed by atoms with E-state index >= 15 is 0 Å². The minimum Gasteiger partial charge on any atom is -0.383 e. The SMILES string of the molecule is COCCNS(=O)(=O)c1cccc(CNC(=O)[C@@H](N)C(C)C)c1.Cl. The van der Waals surface area contributed by atoms with E-state index in [-0.39, 0.29) is 42.2 Å². The van der Waals surface area contributed by atoms with Crippen LogP contribution >= 0.6 is 12.4 Å². The summed E-state index contributed by atoms with van der Waals surface area (Å²) in [4.78, 5) is 12.0. The average Bonchev–Trinajstić information content (AvgIpc) is 2.52. The Morgan fingerprint density at radius 3 is 2.58 bits per heavy atom. The van der Waals surface area contributed by atoms with Gasteiger partial charge in [-0.25, -0.2) is 13.1 Å². The lowest BCUT2D eigenvalue weighted by Crippen LogP contribution is -2.43. The highest BCUT2D eigenvalue weighted by molar-refractivity contribution is 7.89. The number of hydrogen-bond acceptors (Lipinski definition) is 5. The Kier molecular flexibility index (Phi) is 10.1. The molecule has 24 heavy (non-hydrogen) atoms. The second-order valence-electron chi connectivity index (χ2n) is 5.53. The molecule has 0 spiro atoms. The maximum Gasteiger partial charge on any atom is 0.240 e. The van der Waals surface area contributed by atoms with Crippen LogP contribution in [0.4, 0.5) is 0 Å². The van der Waals surface area contributed by atoms with Crippen molar-refractivity contribution in [1.82, 2.24) is 10.0 Å². The first kappa shape index (κ1) is 22.8. The van der Waals surface area contributed by atoms with Crippen molar-refractivity contribution in [2.45, 2.75) is 31.3 Å². The van der Waals surface area contributed by atoms with Crippen molar-refractivity contribution in [3.63, 3.8) is 0 Å². The Morgan fingerprint density at radius 1 is 1.33 bits per heavy atom. The molecule has 1 rings (SSSR count). The molecule has 0 radical (unpaired) electrons. The molecule has 1 amide bonds. The molecule has 0 aromatic heterocycles. The van der Waals surface area contributed by atoms with Crippen molar-refractivity contribution in [2.24, 2.45) is 11.7 Å². The van der Waals surface area contributed by atoms with Gasteiger partial charge in [-0.3, -0.25) is 4.79 Å². The van der Waals surface area contributed by atoms with E-state index in [4.69, 9.17) is 10.5 Å². The van der Waals surface area contributed by atoms with Crippen LogP contribution in [0.3, 0.4) is 0 Å². The van der Waals surface area contributed by atoms with E-state index in [1.807, 2.05) is 13.8 Å². The molecule has 9 heteroatoms. The summed E-state index contributed by atoms with van der Waals surface area (Å²) >= 11 is 0. The number of amides is 1. The highest BCUT2D eigenvalue weighted by Crippen LogP contribution is 2.11. The number of sulfonamides is 1. The Bertz CT molecular complexity index is 623. The molecule has 0 heterocycles. The Labute approximate surface area is 149 Å². The van der Waals surface area contributed by atoms with Gasteiger partial charge in [0.1, 0.15) is 0 Å². The number of benzene rings is 1. The summed E-state index contributed by atoms with van der Waals surface area (Å²) in [6.45, 7) is 4.44. The molecule has 0 aliphatic heterocycles. The third-order valence-electron chi connectivity index (χ3n) is 3.29. The fourth-order valence-corrected chi connectivity index (χ4v) is 2.88.